The molecule has 2 fully saturated rings. The molecular formula is C18H28N3O4S+. The van der Waals surface area contributed by atoms with Crippen LogP contribution in [0.2, 0.25) is 0 Å². The van der Waals surface area contributed by atoms with Crippen molar-refractivity contribution in [3.8, 4) is 5.75 Å². The van der Waals surface area contributed by atoms with Crippen LogP contribution in [0.4, 0.5) is 0 Å². The molecule has 0 bridgehead atoms. The minimum absolute atomic E-state index is 0.112. The van der Waals surface area contributed by atoms with E-state index in [-0.39, 0.29) is 16.8 Å². The van der Waals surface area contributed by atoms with Crippen LogP contribution in [0.5, 0.6) is 5.75 Å². The fourth-order valence-corrected chi connectivity index (χ4v) is 5.17. The fraction of sp³-hybridized carbons (Fsp3) is 0.611. The second kappa shape index (κ2) is 7.94. The molecule has 0 spiro atoms. The number of carbonyl (C=O) groups is 1. The first-order valence-electron chi connectivity index (χ1n) is 9.21. The summed E-state index contributed by atoms with van der Waals surface area (Å²) in [6.45, 7) is 5.83. The second-order valence-electron chi connectivity index (χ2n) is 6.99. The third kappa shape index (κ3) is 3.87. The van der Waals surface area contributed by atoms with E-state index >= 15 is 0 Å². The Balaban J connectivity index is 1.60. The van der Waals surface area contributed by atoms with Crippen LogP contribution in [0, 0.1) is 0 Å². The Bertz CT molecular complexity index is 721. The van der Waals surface area contributed by atoms with E-state index in [1.165, 1.54) is 9.21 Å². The van der Waals surface area contributed by atoms with Crippen LogP contribution in [0.15, 0.2) is 29.2 Å². The quantitative estimate of drug-likeness (QED) is 0.752. The smallest absolute Gasteiger partial charge is 0.280 e. The van der Waals surface area contributed by atoms with Crippen molar-refractivity contribution >= 4 is 15.9 Å². The molecule has 2 aliphatic rings. The molecule has 1 atom stereocenters. The molecule has 2 heterocycles. The molecule has 26 heavy (non-hydrogen) atoms. The molecule has 1 aromatic carbocycles. The molecule has 0 aliphatic carbocycles. The average molecular weight is 383 g/mol. The summed E-state index contributed by atoms with van der Waals surface area (Å²) in [6, 6.07) is 6.36. The van der Waals surface area contributed by atoms with Gasteiger partial charge in [-0.2, -0.15) is 4.31 Å². The number of benzene rings is 1. The predicted molar refractivity (Wildman–Crippen MR) is 97.7 cm³/mol. The summed E-state index contributed by atoms with van der Waals surface area (Å²) in [6.07, 6.45) is 2.17. The highest BCUT2D eigenvalue weighted by Crippen LogP contribution is 2.19. The molecule has 0 unspecified atom stereocenters. The van der Waals surface area contributed by atoms with Gasteiger partial charge in [0.25, 0.3) is 5.91 Å². The van der Waals surface area contributed by atoms with Gasteiger partial charge in [-0.15, -0.1) is 0 Å². The molecule has 8 heteroatoms. The summed E-state index contributed by atoms with van der Waals surface area (Å²) in [5.41, 5.74) is 0. The molecule has 144 valence electrons. The Kier molecular flexibility index (Phi) is 5.84. The molecule has 0 saturated carbocycles. The van der Waals surface area contributed by atoms with E-state index in [0.717, 1.165) is 25.9 Å². The van der Waals surface area contributed by atoms with Gasteiger partial charge in [0.05, 0.1) is 38.2 Å². The molecule has 3 rings (SSSR count). The summed E-state index contributed by atoms with van der Waals surface area (Å²) >= 11 is 0. The normalized spacial score (nSPS) is 20.9. The highest BCUT2D eigenvalue weighted by atomic mass is 32.2. The van der Waals surface area contributed by atoms with Gasteiger partial charge < -0.3 is 14.5 Å². The van der Waals surface area contributed by atoms with Gasteiger partial charge in [0.2, 0.25) is 10.0 Å². The van der Waals surface area contributed by atoms with Crippen LogP contribution in [-0.2, 0) is 14.8 Å². The number of hydrogen-bond donors (Lipinski definition) is 1. The third-order valence-corrected chi connectivity index (χ3v) is 7.38. The van der Waals surface area contributed by atoms with Crippen molar-refractivity contribution in [2.75, 3.05) is 46.4 Å². The van der Waals surface area contributed by atoms with E-state index in [1.807, 2.05) is 11.8 Å². The Hall–Kier alpha value is -1.64. The Morgan fingerprint density at radius 2 is 1.65 bits per heavy atom. The lowest BCUT2D eigenvalue weighted by atomic mass is 10.2. The lowest BCUT2D eigenvalue weighted by Gasteiger charge is -2.35. The first-order chi connectivity index (χ1) is 12.4. The standard InChI is InChI=1S/C18H27N3O4S/c1-15(18(22)20-9-3-4-10-20)19-11-13-21(14-12-19)26(23,24)17-7-5-16(25-2)6-8-17/h5-8,15H,3-4,9-14H2,1-2H3/p+1/t15-/m1/s1. The van der Waals surface area contributed by atoms with Crippen molar-refractivity contribution in [2.45, 2.75) is 30.7 Å². The first kappa shape index (κ1) is 19.1. The summed E-state index contributed by atoms with van der Waals surface area (Å²) in [5.74, 6) is 0.830. The maximum absolute atomic E-state index is 12.8. The van der Waals surface area contributed by atoms with Crippen LogP contribution in [-0.4, -0.2) is 76.0 Å². The maximum atomic E-state index is 12.8. The van der Waals surface area contributed by atoms with Crippen LogP contribution >= 0.6 is 0 Å². The van der Waals surface area contributed by atoms with Gasteiger partial charge in [-0.1, -0.05) is 0 Å². The number of carbonyl (C=O) groups excluding carboxylic acids is 1. The minimum atomic E-state index is -3.50. The van der Waals surface area contributed by atoms with Gasteiger partial charge in [-0.05, 0) is 44.0 Å². The summed E-state index contributed by atoms with van der Waals surface area (Å²) in [5, 5.41) is 0. The predicted octanol–water partition coefficient (Wildman–Crippen LogP) is -0.405. The fourth-order valence-electron chi connectivity index (χ4n) is 3.73. The van der Waals surface area contributed by atoms with Crippen molar-refractivity contribution in [3.05, 3.63) is 24.3 Å². The van der Waals surface area contributed by atoms with Crippen LogP contribution in [0.1, 0.15) is 19.8 Å². The maximum Gasteiger partial charge on any atom is 0.280 e. The number of nitrogens with one attached hydrogen (secondary N) is 1. The highest BCUT2D eigenvalue weighted by Gasteiger charge is 2.36. The number of quaternary nitrogens is 1. The van der Waals surface area contributed by atoms with Crippen LogP contribution in [0.3, 0.4) is 0 Å². The molecule has 2 aliphatic heterocycles. The van der Waals surface area contributed by atoms with E-state index < -0.39 is 10.0 Å². The molecule has 0 radical (unpaired) electrons. The molecule has 1 N–H and O–H groups in total. The van der Waals surface area contributed by atoms with Crippen molar-refractivity contribution < 1.29 is 22.8 Å². The number of piperazine rings is 1. The van der Waals surface area contributed by atoms with E-state index in [4.69, 9.17) is 4.74 Å². The Morgan fingerprint density at radius 3 is 2.19 bits per heavy atom. The monoisotopic (exact) mass is 382 g/mol. The number of likely N-dealkylation sites (tertiary alicyclic amines) is 1. The lowest BCUT2D eigenvalue weighted by Crippen LogP contribution is -3.19. The number of rotatable bonds is 5. The van der Waals surface area contributed by atoms with Gasteiger partial charge in [-0.25, -0.2) is 8.42 Å². The minimum Gasteiger partial charge on any atom is -0.497 e. The summed E-state index contributed by atoms with van der Waals surface area (Å²) < 4.78 is 32.2. The molecule has 1 amide bonds. The van der Waals surface area contributed by atoms with Gasteiger partial charge in [0, 0.05) is 13.1 Å². The van der Waals surface area contributed by atoms with E-state index in [0.29, 0.717) is 31.9 Å². The van der Waals surface area contributed by atoms with Gasteiger partial charge >= 0.3 is 0 Å². The number of sulfonamides is 1. The zero-order valence-electron chi connectivity index (χ0n) is 15.5. The zero-order valence-corrected chi connectivity index (χ0v) is 16.3. The lowest BCUT2D eigenvalue weighted by molar-refractivity contribution is -0.918. The average Bonchev–Trinajstić information content (AvgIpc) is 3.21. The zero-order chi connectivity index (χ0) is 18.7. The molecule has 7 nitrogen and oxygen atoms in total. The Morgan fingerprint density at radius 1 is 1.08 bits per heavy atom. The molecule has 2 saturated heterocycles. The van der Waals surface area contributed by atoms with Crippen molar-refractivity contribution in [3.63, 3.8) is 0 Å². The van der Waals surface area contributed by atoms with E-state index in [9.17, 15) is 13.2 Å². The summed E-state index contributed by atoms with van der Waals surface area (Å²) in [4.78, 5) is 16.0. The van der Waals surface area contributed by atoms with Crippen LogP contribution in [0.25, 0.3) is 0 Å². The number of amides is 1. The molecule has 1 aromatic rings. The number of ether oxygens (including phenoxy) is 1. The highest BCUT2D eigenvalue weighted by molar-refractivity contribution is 7.89. The van der Waals surface area contributed by atoms with Gasteiger partial charge in [0.1, 0.15) is 5.75 Å². The van der Waals surface area contributed by atoms with Crippen molar-refractivity contribution in [1.82, 2.24) is 9.21 Å². The van der Waals surface area contributed by atoms with E-state index in [2.05, 4.69) is 0 Å². The van der Waals surface area contributed by atoms with Crippen LogP contribution < -0.4 is 9.64 Å². The number of nitrogens with zero attached hydrogens (tertiary/aromatic N) is 2. The summed E-state index contributed by atoms with van der Waals surface area (Å²) in [7, 11) is -1.95. The largest absolute Gasteiger partial charge is 0.497 e. The van der Waals surface area contributed by atoms with E-state index in [1.54, 1.807) is 31.4 Å². The number of hydrogen-bond acceptors (Lipinski definition) is 4. The van der Waals surface area contributed by atoms with Gasteiger partial charge in [-0.3, -0.25) is 4.79 Å². The third-order valence-electron chi connectivity index (χ3n) is 5.46. The SMILES string of the molecule is COc1ccc(S(=O)(=O)N2CC[NH+]([C@H](C)C(=O)N3CCCC3)CC2)cc1. The van der Waals surface area contributed by atoms with Gasteiger partial charge in [0.15, 0.2) is 6.04 Å². The molecular weight excluding hydrogens is 354 g/mol. The second-order valence-corrected chi connectivity index (χ2v) is 8.93. The first-order valence-corrected chi connectivity index (χ1v) is 10.6. The Labute approximate surface area is 155 Å². The molecule has 0 aromatic heterocycles. The number of methoxy groups -OCH3 is 1. The van der Waals surface area contributed by atoms with Crippen molar-refractivity contribution in [2.24, 2.45) is 0 Å². The van der Waals surface area contributed by atoms with Crippen molar-refractivity contribution in [1.29, 1.82) is 0 Å². The topological polar surface area (TPSA) is 71.4 Å².